The van der Waals surface area contributed by atoms with Crippen LogP contribution in [0.25, 0.3) is 110 Å². The number of thiophene rings is 1. The number of rotatable bonds is 6. The van der Waals surface area contributed by atoms with Crippen LogP contribution in [0.4, 0.5) is 0 Å². The third kappa shape index (κ3) is 5.65. The summed E-state index contributed by atoms with van der Waals surface area (Å²) in [6.45, 7) is 0. The van der Waals surface area contributed by atoms with Crippen LogP contribution in [0.5, 0.6) is 0 Å². The molecule has 0 aliphatic heterocycles. The van der Waals surface area contributed by atoms with E-state index in [1.807, 2.05) is 47.7 Å². The monoisotopic (exact) mass is 733 g/mol. The van der Waals surface area contributed by atoms with Crippen LogP contribution in [-0.4, -0.2) is 15.0 Å². The highest BCUT2D eigenvalue weighted by Gasteiger charge is 2.17. The molecule has 4 nitrogen and oxygen atoms in total. The second-order valence-electron chi connectivity index (χ2n) is 14.0. The summed E-state index contributed by atoms with van der Waals surface area (Å²) in [7, 11) is 0. The van der Waals surface area contributed by atoms with Crippen molar-refractivity contribution < 1.29 is 4.42 Å². The maximum atomic E-state index is 6.63. The number of hydrogen-bond acceptors (Lipinski definition) is 5. The lowest BCUT2D eigenvalue weighted by Gasteiger charge is -2.09. The minimum absolute atomic E-state index is 0.593. The Balaban J connectivity index is 0.981. The Morgan fingerprint density at radius 1 is 0.321 bits per heavy atom. The lowest BCUT2D eigenvalue weighted by Crippen LogP contribution is -2.00. The van der Waals surface area contributed by atoms with Gasteiger partial charge in [0.1, 0.15) is 11.2 Å². The van der Waals surface area contributed by atoms with Crippen molar-refractivity contribution in [3.63, 3.8) is 0 Å². The maximum absolute atomic E-state index is 6.63. The van der Waals surface area contributed by atoms with Gasteiger partial charge in [0.25, 0.3) is 0 Å². The van der Waals surface area contributed by atoms with E-state index in [1.165, 1.54) is 42.4 Å². The summed E-state index contributed by atoms with van der Waals surface area (Å²) in [5.41, 5.74) is 11.5. The van der Waals surface area contributed by atoms with E-state index in [0.717, 1.165) is 49.8 Å². The van der Waals surface area contributed by atoms with E-state index in [4.69, 9.17) is 19.4 Å². The zero-order chi connectivity index (χ0) is 37.0. The molecule has 0 unspecified atom stereocenters. The summed E-state index contributed by atoms with van der Waals surface area (Å²) in [6.07, 6.45) is 0. The zero-order valence-electron chi connectivity index (χ0n) is 30.1. The van der Waals surface area contributed by atoms with Crippen molar-refractivity contribution in [2.45, 2.75) is 0 Å². The molecular formula is C51H31N3OS. The molecule has 0 fully saturated rings. The molecule has 3 heterocycles. The van der Waals surface area contributed by atoms with Crippen LogP contribution in [0, 0.1) is 0 Å². The molecule has 11 rings (SSSR count). The standard InChI is InChI=1S/C51H31N3OS/c1-4-11-32(12-5-1)34-19-21-36(22-20-34)50-52-49(35-15-8-3-9-16-35)53-51(54-50)39-25-27-42-41-26-24-38(29-45(41)55-46(42)30-39)40-17-10-18-44-43-28-23-37(31-47(43)56-48(40)44)33-13-6-2-7-14-33/h1-31H. The van der Waals surface area contributed by atoms with Gasteiger partial charge in [-0.1, -0.05) is 158 Å². The van der Waals surface area contributed by atoms with Gasteiger partial charge in [-0.15, -0.1) is 11.3 Å². The highest BCUT2D eigenvalue weighted by Crippen LogP contribution is 2.43. The van der Waals surface area contributed by atoms with Crippen molar-refractivity contribution in [1.29, 1.82) is 0 Å². The molecule has 0 bridgehead atoms. The zero-order valence-corrected chi connectivity index (χ0v) is 30.9. The van der Waals surface area contributed by atoms with E-state index in [-0.39, 0.29) is 0 Å². The predicted octanol–water partition coefficient (Wildman–Crippen LogP) is 14.1. The van der Waals surface area contributed by atoms with Crippen molar-refractivity contribution >= 4 is 53.4 Å². The first-order valence-corrected chi connectivity index (χ1v) is 19.5. The molecule has 0 aliphatic rings. The molecule has 8 aromatic carbocycles. The lowest BCUT2D eigenvalue weighted by molar-refractivity contribution is 0.669. The number of fused-ring (bicyclic) bond motifs is 6. The van der Waals surface area contributed by atoms with Gasteiger partial charge in [-0.3, -0.25) is 0 Å². The van der Waals surface area contributed by atoms with E-state index in [2.05, 4.69) is 152 Å². The Morgan fingerprint density at radius 2 is 0.786 bits per heavy atom. The van der Waals surface area contributed by atoms with Gasteiger partial charge in [-0.2, -0.15) is 0 Å². The van der Waals surface area contributed by atoms with Crippen LogP contribution in [0.2, 0.25) is 0 Å². The molecule has 5 heteroatoms. The van der Waals surface area contributed by atoms with E-state index < -0.39 is 0 Å². The van der Waals surface area contributed by atoms with Crippen LogP contribution in [0.1, 0.15) is 0 Å². The van der Waals surface area contributed by atoms with Crippen LogP contribution in [0.3, 0.4) is 0 Å². The van der Waals surface area contributed by atoms with E-state index in [9.17, 15) is 0 Å². The van der Waals surface area contributed by atoms with Gasteiger partial charge in [0, 0.05) is 47.6 Å². The van der Waals surface area contributed by atoms with Crippen LogP contribution < -0.4 is 0 Å². The van der Waals surface area contributed by atoms with Crippen LogP contribution in [-0.2, 0) is 0 Å². The Hall–Kier alpha value is -7.21. The van der Waals surface area contributed by atoms with Gasteiger partial charge in [0.15, 0.2) is 17.5 Å². The first kappa shape index (κ1) is 32.2. The molecule has 0 aliphatic carbocycles. The molecule has 0 radical (unpaired) electrons. The Kier molecular flexibility index (Phi) is 7.64. The van der Waals surface area contributed by atoms with Crippen molar-refractivity contribution in [3.8, 4) is 67.5 Å². The molecule has 262 valence electrons. The fourth-order valence-electron chi connectivity index (χ4n) is 7.71. The summed E-state index contributed by atoms with van der Waals surface area (Å²) < 4.78 is 9.19. The highest BCUT2D eigenvalue weighted by molar-refractivity contribution is 7.26. The molecule has 3 aromatic heterocycles. The molecule has 0 spiro atoms. The molecule has 0 saturated heterocycles. The first-order valence-electron chi connectivity index (χ1n) is 18.7. The summed E-state index contributed by atoms with van der Waals surface area (Å²) in [4.78, 5) is 15.0. The molecule has 0 N–H and O–H groups in total. The van der Waals surface area contributed by atoms with Crippen LogP contribution >= 0.6 is 11.3 Å². The highest BCUT2D eigenvalue weighted by atomic mass is 32.1. The van der Waals surface area contributed by atoms with Crippen molar-refractivity contribution in [1.82, 2.24) is 15.0 Å². The molecule has 0 saturated carbocycles. The number of furan rings is 1. The minimum atomic E-state index is 0.593. The SMILES string of the molecule is c1ccc(-c2ccc(-c3nc(-c4ccccc4)nc(-c4ccc5c(c4)oc4cc(-c6cccc7c6sc6cc(-c8ccccc8)ccc67)ccc45)n3)cc2)cc1. The Morgan fingerprint density at radius 3 is 1.45 bits per heavy atom. The normalized spacial score (nSPS) is 11.6. The topological polar surface area (TPSA) is 51.8 Å². The molecular weight excluding hydrogens is 703 g/mol. The van der Waals surface area contributed by atoms with E-state index >= 15 is 0 Å². The second-order valence-corrected chi connectivity index (χ2v) is 15.1. The summed E-state index contributed by atoms with van der Waals surface area (Å²) in [6, 6.07) is 65.7. The molecule has 56 heavy (non-hydrogen) atoms. The number of nitrogens with zero attached hydrogens (tertiary/aromatic N) is 3. The van der Waals surface area contributed by atoms with Crippen molar-refractivity contribution in [2.24, 2.45) is 0 Å². The molecule has 0 amide bonds. The summed E-state index contributed by atoms with van der Waals surface area (Å²) >= 11 is 1.85. The predicted molar refractivity (Wildman–Crippen MR) is 233 cm³/mol. The smallest absolute Gasteiger partial charge is 0.164 e. The number of aromatic nitrogens is 3. The second kappa shape index (κ2) is 13.3. The average Bonchev–Trinajstić information content (AvgIpc) is 3.84. The van der Waals surface area contributed by atoms with E-state index in [1.54, 1.807) is 0 Å². The summed E-state index contributed by atoms with van der Waals surface area (Å²) in [5.74, 6) is 1.84. The first-order chi connectivity index (χ1) is 27.7. The van der Waals surface area contributed by atoms with Gasteiger partial charge in [0.2, 0.25) is 0 Å². The van der Waals surface area contributed by atoms with Crippen LogP contribution in [0.15, 0.2) is 192 Å². The van der Waals surface area contributed by atoms with Gasteiger partial charge < -0.3 is 4.42 Å². The third-order valence-corrected chi connectivity index (χ3v) is 11.8. The number of hydrogen-bond donors (Lipinski definition) is 0. The fourth-order valence-corrected chi connectivity index (χ4v) is 8.99. The summed E-state index contributed by atoms with van der Waals surface area (Å²) in [5, 5.41) is 4.68. The molecule has 0 atom stereocenters. The van der Waals surface area contributed by atoms with Gasteiger partial charge in [-0.05, 0) is 63.7 Å². The lowest BCUT2D eigenvalue weighted by atomic mass is 10.00. The maximum Gasteiger partial charge on any atom is 0.164 e. The Labute approximate surface area is 327 Å². The average molecular weight is 734 g/mol. The third-order valence-electron chi connectivity index (χ3n) is 10.6. The van der Waals surface area contributed by atoms with Crippen molar-refractivity contribution in [2.75, 3.05) is 0 Å². The minimum Gasteiger partial charge on any atom is -0.456 e. The number of benzene rings is 8. The van der Waals surface area contributed by atoms with Gasteiger partial charge in [-0.25, -0.2) is 15.0 Å². The van der Waals surface area contributed by atoms with Gasteiger partial charge in [0.05, 0.1) is 0 Å². The molecule has 11 aromatic rings. The Bertz CT molecular complexity index is 3230. The van der Waals surface area contributed by atoms with Gasteiger partial charge >= 0.3 is 0 Å². The van der Waals surface area contributed by atoms with Crippen molar-refractivity contribution in [3.05, 3.63) is 188 Å². The quantitative estimate of drug-likeness (QED) is 0.171. The van der Waals surface area contributed by atoms with E-state index in [0.29, 0.717) is 17.5 Å². The largest absolute Gasteiger partial charge is 0.456 e. The fraction of sp³-hybridized carbons (Fsp3) is 0.